The molecule has 2 aromatic carbocycles. The molecular formula is C20H22ClNO5. The molecule has 0 saturated heterocycles. The van der Waals surface area contributed by atoms with Crippen LogP contribution in [0.3, 0.4) is 0 Å². The highest BCUT2D eigenvalue weighted by Gasteiger charge is 2.18. The predicted octanol–water partition coefficient (Wildman–Crippen LogP) is 4.24. The number of methoxy groups -OCH3 is 1. The van der Waals surface area contributed by atoms with Crippen LogP contribution >= 0.6 is 11.6 Å². The summed E-state index contributed by atoms with van der Waals surface area (Å²) in [6.45, 7) is 5.20. The molecule has 0 radical (unpaired) electrons. The van der Waals surface area contributed by atoms with Gasteiger partial charge in [0, 0.05) is 5.69 Å². The number of hydrogen-bond donors (Lipinski definition) is 1. The third-order valence-electron chi connectivity index (χ3n) is 3.45. The van der Waals surface area contributed by atoms with Crippen LogP contribution in [-0.2, 0) is 9.53 Å². The molecule has 0 heterocycles. The molecule has 0 aliphatic rings. The SMILES string of the molecule is COc1cc(C(=O)OCC(=O)Nc2cccc(C)c2)cc(Cl)c1OC(C)C. The monoisotopic (exact) mass is 391 g/mol. The van der Waals surface area contributed by atoms with E-state index < -0.39 is 18.5 Å². The van der Waals surface area contributed by atoms with E-state index in [2.05, 4.69) is 5.32 Å². The van der Waals surface area contributed by atoms with Crippen LogP contribution in [0.25, 0.3) is 0 Å². The van der Waals surface area contributed by atoms with E-state index in [9.17, 15) is 9.59 Å². The van der Waals surface area contributed by atoms with E-state index >= 15 is 0 Å². The van der Waals surface area contributed by atoms with E-state index in [-0.39, 0.29) is 16.7 Å². The van der Waals surface area contributed by atoms with Gasteiger partial charge < -0.3 is 19.5 Å². The lowest BCUT2D eigenvalue weighted by Gasteiger charge is -2.16. The Morgan fingerprint density at radius 1 is 1.19 bits per heavy atom. The standard InChI is InChI=1S/C20H22ClNO5/c1-12(2)27-19-16(21)9-14(10-17(19)25-4)20(24)26-11-18(23)22-15-7-5-6-13(3)8-15/h5-10,12H,11H2,1-4H3,(H,22,23). The summed E-state index contributed by atoms with van der Waals surface area (Å²) in [5.41, 5.74) is 1.81. The van der Waals surface area contributed by atoms with E-state index in [0.29, 0.717) is 17.2 Å². The molecule has 0 aromatic heterocycles. The first-order chi connectivity index (χ1) is 12.8. The third kappa shape index (κ3) is 5.89. The number of anilines is 1. The van der Waals surface area contributed by atoms with Gasteiger partial charge in [-0.2, -0.15) is 0 Å². The molecule has 1 amide bonds. The van der Waals surface area contributed by atoms with Gasteiger partial charge in [-0.05, 0) is 50.6 Å². The fourth-order valence-corrected chi connectivity index (χ4v) is 2.58. The Morgan fingerprint density at radius 2 is 1.93 bits per heavy atom. The zero-order valence-corrected chi connectivity index (χ0v) is 16.4. The van der Waals surface area contributed by atoms with Crippen LogP contribution in [0.15, 0.2) is 36.4 Å². The maximum Gasteiger partial charge on any atom is 0.338 e. The minimum absolute atomic E-state index is 0.112. The highest BCUT2D eigenvalue weighted by Crippen LogP contribution is 2.37. The molecule has 0 spiro atoms. The molecule has 27 heavy (non-hydrogen) atoms. The van der Waals surface area contributed by atoms with E-state index in [0.717, 1.165) is 5.56 Å². The van der Waals surface area contributed by atoms with Crippen molar-refractivity contribution in [3.63, 3.8) is 0 Å². The summed E-state index contributed by atoms with van der Waals surface area (Å²) in [4.78, 5) is 24.2. The molecule has 6 nitrogen and oxygen atoms in total. The van der Waals surface area contributed by atoms with Gasteiger partial charge in [-0.1, -0.05) is 23.7 Å². The summed E-state index contributed by atoms with van der Waals surface area (Å²) in [6, 6.07) is 10.2. The number of benzene rings is 2. The maximum atomic E-state index is 12.3. The molecule has 0 atom stereocenters. The van der Waals surface area contributed by atoms with Gasteiger partial charge in [-0.3, -0.25) is 4.79 Å². The van der Waals surface area contributed by atoms with Gasteiger partial charge in [0.1, 0.15) is 0 Å². The Balaban J connectivity index is 2.03. The van der Waals surface area contributed by atoms with Gasteiger partial charge in [-0.25, -0.2) is 4.79 Å². The quantitative estimate of drug-likeness (QED) is 0.714. The molecule has 0 unspecified atom stereocenters. The Morgan fingerprint density at radius 3 is 2.56 bits per heavy atom. The summed E-state index contributed by atoms with van der Waals surface area (Å²) in [5.74, 6) is -0.465. The van der Waals surface area contributed by atoms with Gasteiger partial charge >= 0.3 is 5.97 Å². The van der Waals surface area contributed by atoms with E-state index in [4.69, 9.17) is 25.8 Å². The van der Waals surface area contributed by atoms with Crippen molar-refractivity contribution in [3.8, 4) is 11.5 Å². The van der Waals surface area contributed by atoms with E-state index in [1.165, 1.54) is 19.2 Å². The van der Waals surface area contributed by atoms with Crippen molar-refractivity contribution in [2.75, 3.05) is 19.0 Å². The van der Waals surface area contributed by atoms with Crippen LogP contribution < -0.4 is 14.8 Å². The molecule has 1 N–H and O–H groups in total. The molecule has 7 heteroatoms. The number of esters is 1. The van der Waals surface area contributed by atoms with Gasteiger partial charge in [0.2, 0.25) is 0 Å². The maximum absolute atomic E-state index is 12.3. The number of amides is 1. The van der Waals surface area contributed by atoms with Crippen LogP contribution in [-0.4, -0.2) is 31.7 Å². The fraction of sp³-hybridized carbons (Fsp3) is 0.300. The lowest BCUT2D eigenvalue weighted by Crippen LogP contribution is -2.21. The predicted molar refractivity (Wildman–Crippen MR) is 104 cm³/mol. The average molecular weight is 392 g/mol. The number of rotatable bonds is 7. The molecule has 0 aliphatic heterocycles. The second-order valence-corrected chi connectivity index (χ2v) is 6.56. The summed E-state index contributed by atoms with van der Waals surface area (Å²) >= 11 is 6.19. The molecule has 0 aliphatic carbocycles. The minimum atomic E-state index is -0.689. The summed E-state index contributed by atoms with van der Waals surface area (Å²) in [6.07, 6.45) is -0.112. The van der Waals surface area contributed by atoms with Crippen LogP contribution in [0.2, 0.25) is 5.02 Å². The van der Waals surface area contributed by atoms with Crippen molar-refractivity contribution in [1.29, 1.82) is 0 Å². The molecule has 2 aromatic rings. The van der Waals surface area contributed by atoms with Crippen molar-refractivity contribution < 1.29 is 23.8 Å². The Kier molecular flexibility index (Phi) is 7.07. The highest BCUT2D eigenvalue weighted by molar-refractivity contribution is 6.32. The number of hydrogen-bond acceptors (Lipinski definition) is 5. The van der Waals surface area contributed by atoms with Crippen molar-refractivity contribution in [2.24, 2.45) is 0 Å². The smallest absolute Gasteiger partial charge is 0.338 e. The summed E-state index contributed by atoms with van der Waals surface area (Å²) in [7, 11) is 1.45. The van der Waals surface area contributed by atoms with Crippen LogP contribution in [0.4, 0.5) is 5.69 Å². The minimum Gasteiger partial charge on any atom is -0.493 e. The Bertz CT molecular complexity index is 835. The normalized spacial score (nSPS) is 10.4. The number of aryl methyl sites for hydroxylation is 1. The first kappa shape index (κ1) is 20.6. The third-order valence-corrected chi connectivity index (χ3v) is 3.74. The fourth-order valence-electron chi connectivity index (χ4n) is 2.32. The largest absolute Gasteiger partial charge is 0.493 e. The lowest BCUT2D eigenvalue weighted by atomic mass is 10.2. The average Bonchev–Trinajstić information content (AvgIpc) is 2.60. The topological polar surface area (TPSA) is 73.9 Å². The molecule has 0 fully saturated rings. The first-order valence-electron chi connectivity index (χ1n) is 8.38. The van der Waals surface area contributed by atoms with E-state index in [1.807, 2.05) is 39.0 Å². The van der Waals surface area contributed by atoms with Crippen LogP contribution in [0.1, 0.15) is 29.8 Å². The molecule has 144 valence electrons. The van der Waals surface area contributed by atoms with Gasteiger partial charge in [0.15, 0.2) is 18.1 Å². The van der Waals surface area contributed by atoms with Crippen molar-refractivity contribution in [3.05, 3.63) is 52.5 Å². The zero-order valence-electron chi connectivity index (χ0n) is 15.7. The van der Waals surface area contributed by atoms with Crippen molar-refractivity contribution in [1.82, 2.24) is 0 Å². The first-order valence-corrected chi connectivity index (χ1v) is 8.75. The lowest BCUT2D eigenvalue weighted by molar-refractivity contribution is -0.119. The van der Waals surface area contributed by atoms with Gasteiger partial charge in [0.25, 0.3) is 5.91 Å². The zero-order chi connectivity index (χ0) is 20.0. The summed E-state index contributed by atoms with van der Waals surface area (Å²) in [5, 5.41) is 2.89. The number of ether oxygens (including phenoxy) is 3. The number of carbonyl (C=O) groups is 2. The number of halogens is 1. The molecular weight excluding hydrogens is 370 g/mol. The van der Waals surface area contributed by atoms with Crippen molar-refractivity contribution in [2.45, 2.75) is 26.9 Å². The molecule has 0 saturated carbocycles. The number of nitrogens with one attached hydrogen (secondary N) is 1. The number of carbonyl (C=O) groups excluding carboxylic acids is 2. The second kappa shape index (κ2) is 9.28. The van der Waals surface area contributed by atoms with Gasteiger partial charge in [-0.15, -0.1) is 0 Å². The highest BCUT2D eigenvalue weighted by atomic mass is 35.5. The second-order valence-electron chi connectivity index (χ2n) is 6.15. The Labute approximate surface area is 163 Å². The van der Waals surface area contributed by atoms with Crippen molar-refractivity contribution >= 4 is 29.2 Å². The molecule has 0 bridgehead atoms. The van der Waals surface area contributed by atoms with Crippen LogP contribution in [0.5, 0.6) is 11.5 Å². The molecule has 2 rings (SSSR count). The summed E-state index contributed by atoms with van der Waals surface area (Å²) < 4.78 is 15.9. The van der Waals surface area contributed by atoms with E-state index in [1.54, 1.807) is 6.07 Å². The van der Waals surface area contributed by atoms with Gasteiger partial charge in [0.05, 0.1) is 23.8 Å². The Hall–Kier alpha value is -2.73. The van der Waals surface area contributed by atoms with Crippen LogP contribution in [0, 0.1) is 6.92 Å².